The lowest BCUT2D eigenvalue weighted by Crippen LogP contribution is -2.09. The van der Waals surface area contributed by atoms with E-state index in [-0.39, 0.29) is 5.92 Å². The van der Waals surface area contributed by atoms with Gasteiger partial charge >= 0.3 is 0 Å². The van der Waals surface area contributed by atoms with E-state index in [4.69, 9.17) is 4.42 Å². The number of allylic oxidation sites excluding steroid dienone is 1. The van der Waals surface area contributed by atoms with Crippen LogP contribution < -0.4 is 4.90 Å². The maximum atomic E-state index is 6.63. The van der Waals surface area contributed by atoms with Gasteiger partial charge in [0.25, 0.3) is 0 Å². The maximum absolute atomic E-state index is 6.63. The van der Waals surface area contributed by atoms with E-state index < -0.39 is 0 Å². The molecule has 4 heteroatoms. The molecular formula is C65H45NOS2. The number of fused-ring (bicyclic) bond motifs is 5. The molecule has 0 atom stereocenters. The van der Waals surface area contributed by atoms with Gasteiger partial charge in [-0.05, 0) is 124 Å². The number of para-hydroxylation sites is 2. The van der Waals surface area contributed by atoms with Crippen molar-refractivity contribution in [3.63, 3.8) is 0 Å². The Kier molecular flexibility index (Phi) is 10.5. The molecule has 0 fully saturated rings. The molecule has 0 aliphatic heterocycles. The fourth-order valence-electron chi connectivity index (χ4n) is 10.4. The van der Waals surface area contributed by atoms with Crippen LogP contribution in [0.1, 0.15) is 39.5 Å². The molecule has 0 unspecified atom stereocenters. The highest BCUT2D eigenvalue weighted by atomic mass is 32.1. The minimum Gasteiger partial charge on any atom is -0.456 e. The summed E-state index contributed by atoms with van der Waals surface area (Å²) in [6.07, 6.45) is 6.82. The van der Waals surface area contributed by atoms with Gasteiger partial charge in [-0.3, -0.25) is 0 Å². The van der Waals surface area contributed by atoms with E-state index in [0.29, 0.717) is 0 Å². The van der Waals surface area contributed by atoms with Crippen molar-refractivity contribution < 1.29 is 4.42 Å². The topological polar surface area (TPSA) is 16.4 Å². The Morgan fingerprint density at radius 2 is 0.884 bits per heavy atom. The Labute approximate surface area is 410 Å². The maximum Gasteiger partial charge on any atom is 0.135 e. The number of benzene rings is 9. The number of hydrogen-bond acceptors (Lipinski definition) is 4. The minimum atomic E-state index is 0.154. The number of furan rings is 1. The SMILES string of the molecule is C1=Cc2c(sc(-c3ccc(C(c4ccccc4)c4ccccc4)cc3)c2-c2ccc3oc4ccc(-c5c(-c6ccc(N(c7ccccc7)c7ccccc7)cc6)sc6ccccc56)cc4c3c2)CC1. The van der Waals surface area contributed by atoms with Crippen molar-refractivity contribution in [3.8, 4) is 43.1 Å². The van der Waals surface area contributed by atoms with Crippen LogP contribution in [-0.2, 0) is 6.42 Å². The standard InChI is InChI=1S/C65H45NOS2/c1-5-17-43(18-6-1)61(44-19-7-2-8-20-44)45-29-31-46(32-30-45)64-62(53-25-13-15-27-59(53)68-64)48-35-39-57-55(41-48)56-42-49(36-40-58(56)67-57)63-54-26-14-16-28-60(54)69-65(63)47-33-37-52(38-34-47)66(50-21-9-3-10-22-50)51-23-11-4-12-24-51/h1-14,16-26,28-42,61H,15,27H2. The zero-order chi connectivity index (χ0) is 45.7. The molecule has 0 saturated carbocycles. The Morgan fingerprint density at radius 1 is 0.406 bits per heavy atom. The lowest BCUT2D eigenvalue weighted by Gasteiger charge is -2.25. The number of rotatable bonds is 10. The van der Waals surface area contributed by atoms with Gasteiger partial charge in [-0.1, -0.05) is 176 Å². The highest BCUT2D eigenvalue weighted by Gasteiger charge is 2.24. The fourth-order valence-corrected chi connectivity index (χ4v) is 13.0. The van der Waals surface area contributed by atoms with Gasteiger partial charge in [-0.15, -0.1) is 22.7 Å². The monoisotopic (exact) mass is 919 g/mol. The second kappa shape index (κ2) is 17.6. The van der Waals surface area contributed by atoms with Crippen LogP contribution in [0.25, 0.3) is 81.2 Å². The first-order chi connectivity index (χ1) is 34.2. The molecular weight excluding hydrogens is 875 g/mol. The molecule has 69 heavy (non-hydrogen) atoms. The summed E-state index contributed by atoms with van der Waals surface area (Å²) in [5.41, 5.74) is 17.8. The Bertz CT molecular complexity index is 3730. The van der Waals surface area contributed by atoms with Gasteiger partial charge in [-0.2, -0.15) is 0 Å². The van der Waals surface area contributed by atoms with E-state index >= 15 is 0 Å². The summed E-state index contributed by atoms with van der Waals surface area (Å²) >= 11 is 3.81. The van der Waals surface area contributed by atoms with E-state index in [1.165, 1.54) is 80.4 Å². The number of nitrogens with zero attached hydrogens (tertiary/aromatic N) is 1. The third-order valence-electron chi connectivity index (χ3n) is 13.7. The number of thiophene rings is 2. The van der Waals surface area contributed by atoms with Crippen LogP contribution in [0.15, 0.2) is 241 Å². The van der Waals surface area contributed by atoms with Crippen LogP contribution in [0.3, 0.4) is 0 Å². The molecule has 0 spiro atoms. The average molecular weight is 920 g/mol. The third kappa shape index (κ3) is 7.50. The van der Waals surface area contributed by atoms with E-state index in [1.807, 2.05) is 22.7 Å². The molecule has 2 nitrogen and oxygen atoms in total. The van der Waals surface area contributed by atoms with Gasteiger partial charge in [0, 0.05) is 69.6 Å². The van der Waals surface area contributed by atoms with E-state index in [9.17, 15) is 0 Å². The minimum absolute atomic E-state index is 0.154. The van der Waals surface area contributed by atoms with Crippen molar-refractivity contribution in [2.75, 3.05) is 4.90 Å². The Morgan fingerprint density at radius 3 is 1.49 bits per heavy atom. The van der Waals surface area contributed by atoms with E-state index in [0.717, 1.165) is 51.8 Å². The largest absolute Gasteiger partial charge is 0.456 e. The van der Waals surface area contributed by atoms with Crippen molar-refractivity contribution in [1.29, 1.82) is 0 Å². The van der Waals surface area contributed by atoms with E-state index in [2.05, 4.69) is 248 Å². The first-order valence-electron chi connectivity index (χ1n) is 23.7. The molecule has 0 bridgehead atoms. The Balaban J connectivity index is 0.898. The van der Waals surface area contributed by atoms with Gasteiger partial charge in [0.15, 0.2) is 0 Å². The number of aryl methyl sites for hydroxylation is 1. The summed E-state index contributed by atoms with van der Waals surface area (Å²) in [5.74, 6) is 0.154. The van der Waals surface area contributed by atoms with E-state index in [1.54, 1.807) is 0 Å². The van der Waals surface area contributed by atoms with Crippen LogP contribution in [-0.4, -0.2) is 0 Å². The zero-order valence-corrected chi connectivity index (χ0v) is 39.4. The van der Waals surface area contributed by atoms with Crippen molar-refractivity contribution in [2.24, 2.45) is 0 Å². The predicted octanol–water partition coefficient (Wildman–Crippen LogP) is 19.1. The summed E-state index contributed by atoms with van der Waals surface area (Å²) in [5, 5.41) is 3.52. The smallest absolute Gasteiger partial charge is 0.135 e. The summed E-state index contributed by atoms with van der Waals surface area (Å²) in [4.78, 5) is 6.35. The summed E-state index contributed by atoms with van der Waals surface area (Å²) in [6.45, 7) is 0. The Hall–Kier alpha value is -8.02. The molecule has 0 amide bonds. The molecule has 0 radical (unpaired) electrons. The van der Waals surface area contributed by atoms with Crippen molar-refractivity contribution >= 4 is 77.8 Å². The van der Waals surface area contributed by atoms with Gasteiger partial charge in [0.2, 0.25) is 0 Å². The van der Waals surface area contributed by atoms with Crippen molar-refractivity contribution in [1.82, 2.24) is 0 Å². The number of anilines is 3. The fraction of sp³-hybridized carbons (Fsp3) is 0.0462. The molecule has 3 aromatic heterocycles. The third-order valence-corrected chi connectivity index (χ3v) is 16.2. The van der Waals surface area contributed by atoms with Crippen LogP contribution in [0, 0.1) is 0 Å². The predicted molar refractivity (Wildman–Crippen MR) is 295 cm³/mol. The second-order valence-electron chi connectivity index (χ2n) is 17.8. The van der Waals surface area contributed by atoms with Crippen molar-refractivity contribution in [3.05, 3.63) is 264 Å². The molecule has 9 aromatic carbocycles. The van der Waals surface area contributed by atoms with Gasteiger partial charge in [0.1, 0.15) is 11.2 Å². The molecule has 328 valence electrons. The molecule has 0 saturated heterocycles. The molecule has 0 N–H and O–H groups in total. The summed E-state index contributed by atoms with van der Waals surface area (Å²) in [7, 11) is 0. The second-order valence-corrected chi connectivity index (χ2v) is 20.0. The summed E-state index contributed by atoms with van der Waals surface area (Å²) < 4.78 is 7.90. The van der Waals surface area contributed by atoms with Gasteiger partial charge in [-0.25, -0.2) is 0 Å². The summed E-state index contributed by atoms with van der Waals surface area (Å²) in [6, 6.07) is 83.8. The number of hydrogen-bond donors (Lipinski definition) is 0. The van der Waals surface area contributed by atoms with Crippen LogP contribution >= 0.6 is 22.7 Å². The lowest BCUT2D eigenvalue weighted by atomic mass is 9.84. The molecule has 3 heterocycles. The van der Waals surface area contributed by atoms with Gasteiger partial charge < -0.3 is 9.32 Å². The van der Waals surface area contributed by atoms with Crippen molar-refractivity contribution in [2.45, 2.75) is 18.8 Å². The van der Waals surface area contributed by atoms with Crippen LogP contribution in [0.5, 0.6) is 0 Å². The van der Waals surface area contributed by atoms with Crippen LogP contribution in [0.4, 0.5) is 17.1 Å². The molecule has 1 aliphatic carbocycles. The van der Waals surface area contributed by atoms with Crippen LogP contribution in [0.2, 0.25) is 0 Å². The van der Waals surface area contributed by atoms with Gasteiger partial charge in [0.05, 0.1) is 0 Å². The molecule has 12 aromatic rings. The molecule has 13 rings (SSSR count). The quantitative estimate of drug-likeness (QED) is 0.127. The highest BCUT2D eigenvalue weighted by molar-refractivity contribution is 7.23. The lowest BCUT2D eigenvalue weighted by molar-refractivity contribution is 0.669. The average Bonchev–Trinajstić information content (AvgIpc) is 4.12. The highest BCUT2D eigenvalue weighted by Crippen LogP contribution is 2.50. The first-order valence-corrected chi connectivity index (χ1v) is 25.4. The first kappa shape index (κ1) is 41.2. The zero-order valence-electron chi connectivity index (χ0n) is 37.8. The molecule has 1 aliphatic rings. The normalized spacial score (nSPS) is 12.3.